The summed E-state index contributed by atoms with van der Waals surface area (Å²) in [5.41, 5.74) is 7.07. The van der Waals surface area contributed by atoms with E-state index >= 15 is 0 Å². The van der Waals surface area contributed by atoms with Gasteiger partial charge in [-0.05, 0) is 44.9 Å². The van der Waals surface area contributed by atoms with Crippen LogP contribution in [0.25, 0.3) is 0 Å². The second-order valence-electron chi connectivity index (χ2n) is 7.16. The third-order valence-corrected chi connectivity index (χ3v) is 6.27. The highest BCUT2D eigenvalue weighted by Crippen LogP contribution is 2.39. The lowest BCUT2D eigenvalue weighted by Crippen LogP contribution is -2.39. The summed E-state index contributed by atoms with van der Waals surface area (Å²) >= 11 is 1.35. The highest BCUT2D eigenvalue weighted by atomic mass is 32.1. The van der Waals surface area contributed by atoms with Crippen molar-refractivity contribution in [1.82, 2.24) is 4.90 Å². The van der Waals surface area contributed by atoms with E-state index in [4.69, 9.17) is 5.73 Å². The molecular weight excluding hydrogens is 419 g/mol. The van der Waals surface area contributed by atoms with Gasteiger partial charge in [-0.3, -0.25) is 14.5 Å². The van der Waals surface area contributed by atoms with Crippen LogP contribution in [0.4, 0.5) is 18.2 Å². The Morgan fingerprint density at radius 2 is 2.00 bits per heavy atom. The number of rotatable bonds is 7. The van der Waals surface area contributed by atoms with Crippen LogP contribution in [0, 0.1) is 0 Å². The molecule has 0 saturated heterocycles. The summed E-state index contributed by atoms with van der Waals surface area (Å²) in [5.74, 6) is -1.27. The minimum atomic E-state index is -4.80. The molecule has 30 heavy (non-hydrogen) atoms. The number of nitrogens with one attached hydrogen (secondary N) is 1. The maximum absolute atomic E-state index is 12.8. The second-order valence-corrected chi connectivity index (χ2v) is 8.27. The predicted molar refractivity (Wildman–Crippen MR) is 108 cm³/mol. The smallest absolute Gasteiger partial charge is 0.405 e. The van der Waals surface area contributed by atoms with Crippen LogP contribution in [0.15, 0.2) is 24.3 Å². The maximum Gasteiger partial charge on any atom is 0.573 e. The largest absolute Gasteiger partial charge is 0.573 e. The fourth-order valence-electron chi connectivity index (χ4n) is 3.43. The number of ether oxygens (including phenoxy) is 1. The zero-order valence-electron chi connectivity index (χ0n) is 16.5. The number of likely N-dealkylation sites (N-methyl/N-ethyl adjacent to an activating group) is 1. The van der Waals surface area contributed by atoms with E-state index in [0.29, 0.717) is 16.1 Å². The molecular formula is C20H22F3N3O3S. The van der Waals surface area contributed by atoms with Crippen LogP contribution < -0.4 is 15.8 Å². The third kappa shape index (κ3) is 4.93. The number of thiophene rings is 1. The summed E-state index contributed by atoms with van der Waals surface area (Å²) in [6, 6.07) is 5.11. The molecule has 1 atom stereocenters. The van der Waals surface area contributed by atoms with Gasteiger partial charge < -0.3 is 15.8 Å². The number of nitrogens with zero attached hydrogens (tertiary/aromatic N) is 1. The first-order valence-electron chi connectivity index (χ1n) is 9.36. The maximum atomic E-state index is 12.8. The Balaban J connectivity index is 1.71. The van der Waals surface area contributed by atoms with Crippen molar-refractivity contribution in [1.29, 1.82) is 0 Å². The molecule has 1 aliphatic rings. The van der Waals surface area contributed by atoms with Gasteiger partial charge in [-0.2, -0.15) is 0 Å². The number of alkyl halides is 3. The molecule has 0 saturated carbocycles. The summed E-state index contributed by atoms with van der Waals surface area (Å²) in [6.45, 7) is 1.69. The van der Waals surface area contributed by atoms with E-state index in [1.54, 1.807) is 24.9 Å². The molecule has 0 bridgehead atoms. The van der Waals surface area contributed by atoms with Crippen LogP contribution in [-0.2, 0) is 24.2 Å². The van der Waals surface area contributed by atoms with Crippen molar-refractivity contribution in [2.45, 2.75) is 45.1 Å². The van der Waals surface area contributed by atoms with Crippen LogP contribution in [0.2, 0.25) is 0 Å². The highest BCUT2D eigenvalue weighted by molar-refractivity contribution is 7.17. The average Bonchev–Trinajstić information content (AvgIpc) is 3.21. The molecule has 0 unspecified atom stereocenters. The molecule has 1 heterocycles. The number of fused-ring (bicyclic) bond motifs is 1. The number of hydrogen-bond donors (Lipinski definition) is 2. The van der Waals surface area contributed by atoms with Crippen molar-refractivity contribution in [2.75, 3.05) is 12.4 Å². The quantitative estimate of drug-likeness (QED) is 0.686. The summed E-state index contributed by atoms with van der Waals surface area (Å²) in [7, 11) is 1.62. The Hall–Kier alpha value is -2.59. The van der Waals surface area contributed by atoms with Crippen LogP contribution in [0.5, 0.6) is 5.75 Å². The van der Waals surface area contributed by atoms with Gasteiger partial charge in [0.25, 0.3) is 5.91 Å². The first-order chi connectivity index (χ1) is 14.1. The standard InChI is InChI=1S/C20H22F3N3O3S/c1-11(26(2)10-12-6-3-4-8-14(12)29-20(21,22)23)18(28)25-19-16(17(24)27)13-7-5-9-15(13)30-19/h3-4,6,8,11H,5,7,9-10H2,1-2H3,(H2,24,27)(H,25,28)/t11-/m0/s1. The van der Waals surface area contributed by atoms with Crippen molar-refractivity contribution in [3.8, 4) is 5.75 Å². The van der Waals surface area contributed by atoms with Crippen molar-refractivity contribution in [2.24, 2.45) is 5.73 Å². The van der Waals surface area contributed by atoms with Crippen LogP contribution >= 0.6 is 11.3 Å². The Kier molecular flexibility index (Phi) is 6.37. The summed E-state index contributed by atoms with van der Waals surface area (Å²) in [5, 5.41) is 3.20. The first kappa shape index (κ1) is 22.1. The molecule has 0 aliphatic heterocycles. The minimum Gasteiger partial charge on any atom is -0.405 e. The molecule has 1 aliphatic carbocycles. The molecule has 1 aromatic carbocycles. The molecule has 2 aromatic rings. The monoisotopic (exact) mass is 441 g/mol. The first-order valence-corrected chi connectivity index (χ1v) is 10.2. The molecule has 6 nitrogen and oxygen atoms in total. The average molecular weight is 441 g/mol. The van der Waals surface area contributed by atoms with Crippen molar-refractivity contribution in [3.05, 3.63) is 45.8 Å². The summed E-state index contributed by atoms with van der Waals surface area (Å²) < 4.78 is 41.9. The fourth-order valence-corrected chi connectivity index (χ4v) is 4.73. The Morgan fingerprint density at radius 1 is 1.30 bits per heavy atom. The number of primary amides is 1. The molecule has 10 heteroatoms. The Labute approximate surface area is 175 Å². The lowest BCUT2D eigenvalue weighted by atomic mass is 10.1. The minimum absolute atomic E-state index is 0.0600. The van der Waals surface area contributed by atoms with Gasteiger partial charge in [-0.15, -0.1) is 24.5 Å². The van der Waals surface area contributed by atoms with Gasteiger partial charge >= 0.3 is 6.36 Å². The number of amides is 2. The zero-order chi connectivity index (χ0) is 22.1. The fraction of sp³-hybridized carbons (Fsp3) is 0.400. The van der Waals surface area contributed by atoms with E-state index in [1.165, 1.54) is 29.5 Å². The van der Waals surface area contributed by atoms with Crippen molar-refractivity contribution in [3.63, 3.8) is 0 Å². The Morgan fingerprint density at radius 3 is 2.67 bits per heavy atom. The number of halogens is 3. The third-order valence-electron chi connectivity index (χ3n) is 5.06. The van der Waals surface area contributed by atoms with Gasteiger partial charge in [0.05, 0.1) is 11.6 Å². The normalized spacial score (nSPS) is 14.5. The van der Waals surface area contributed by atoms with Gasteiger partial charge in [0.15, 0.2) is 0 Å². The molecule has 0 radical (unpaired) electrons. The zero-order valence-corrected chi connectivity index (χ0v) is 17.3. The van der Waals surface area contributed by atoms with Gasteiger partial charge in [0, 0.05) is 17.0 Å². The van der Waals surface area contributed by atoms with Gasteiger partial charge in [0.2, 0.25) is 5.91 Å². The van der Waals surface area contributed by atoms with E-state index in [1.807, 2.05) is 0 Å². The molecule has 1 aromatic heterocycles. The van der Waals surface area contributed by atoms with Gasteiger partial charge in [0.1, 0.15) is 10.8 Å². The molecule has 162 valence electrons. The number of para-hydroxylation sites is 1. The molecule has 3 rings (SSSR count). The van der Waals surface area contributed by atoms with Gasteiger partial charge in [-0.1, -0.05) is 18.2 Å². The van der Waals surface area contributed by atoms with Crippen molar-refractivity contribution < 1.29 is 27.5 Å². The van der Waals surface area contributed by atoms with E-state index < -0.39 is 18.3 Å². The van der Waals surface area contributed by atoms with Gasteiger partial charge in [-0.25, -0.2) is 0 Å². The number of aryl methyl sites for hydroxylation is 1. The lowest BCUT2D eigenvalue weighted by molar-refractivity contribution is -0.275. The van der Waals surface area contributed by atoms with E-state index in [9.17, 15) is 22.8 Å². The van der Waals surface area contributed by atoms with E-state index in [0.717, 1.165) is 29.7 Å². The van der Waals surface area contributed by atoms with E-state index in [-0.39, 0.29) is 18.2 Å². The number of benzene rings is 1. The molecule has 3 N–H and O–H groups in total. The SMILES string of the molecule is C[C@@H](C(=O)Nc1sc2c(c1C(N)=O)CCC2)N(C)Cc1ccccc1OC(F)(F)F. The lowest BCUT2D eigenvalue weighted by Gasteiger charge is -2.25. The summed E-state index contributed by atoms with van der Waals surface area (Å²) in [4.78, 5) is 27.3. The number of anilines is 1. The summed E-state index contributed by atoms with van der Waals surface area (Å²) in [6.07, 6.45) is -2.25. The topological polar surface area (TPSA) is 84.7 Å². The second kappa shape index (κ2) is 8.65. The van der Waals surface area contributed by atoms with E-state index in [2.05, 4.69) is 10.1 Å². The van der Waals surface area contributed by atoms with Crippen LogP contribution in [0.1, 0.15) is 39.7 Å². The number of carbonyl (C=O) groups excluding carboxylic acids is 2. The number of carbonyl (C=O) groups is 2. The van der Waals surface area contributed by atoms with Crippen LogP contribution in [-0.4, -0.2) is 36.2 Å². The number of nitrogens with two attached hydrogens (primary N) is 1. The Bertz CT molecular complexity index is 959. The van der Waals surface area contributed by atoms with Crippen LogP contribution in [0.3, 0.4) is 0 Å². The molecule has 0 spiro atoms. The number of hydrogen-bond acceptors (Lipinski definition) is 5. The highest BCUT2D eigenvalue weighted by Gasteiger charge is 2.32. The molecule has 0 fully saturated rings. The molecule has 2 amide bonds. The van der Waals surface area contributed by atoms with Crippen molar-refractivity contribution >= 4 is 28.2 Å². The predicted octanol–water partition coefficient (Wildman–Crippen LogP) is 3.69.